The molecule has 0 spiro atoms. The van der Waals surface area contributed by atoms with E-state index in [4.69, 9.17) is 0 Å². The number of carbonyl (C=O) groups is 2. The van der Waals surface area contributed by atoms with E-state index in [2.05, 4.69) is 23.7 Å². The number of aromatic nitrogens is 1. The monoisotopic (exact) mass is 373 g/mol. The van der Waals surface area contributed by atoms with E-state index in [1.807, 2.05) is 54.6 Å². The standard InChI is InChI=1S/C23H22N2O3/c1-3-25(4-2)18-12-9-16(10-13-18)15-19(22(26)23(27)28)21-14-11-17-7-5-6-8-20(17)24-21/h5-15H,3-4H2,1-2H3,(H,27,28)/p-1/b19-15-. The van der Waals surface area contributed by atoms with Gasteiger partial charge >= 0.3 is 0 Å². The van der Waals surface area contributed by atoms with Crippen LogP contribution in [0.2, 0.25) is 0 Å². The Morgan fingerprint density at radius 3 is 2.29 bits per heavy atom. The van der Waals surface area contributed by atoms with E-state index in [0.29, 0.717) is 11.2 Å². The molecule has 5 heteroatoms. The van der Waals surface area contributed by atoms with Gasteiger partial charge in [-0.3, -0.25) is 4.79 Å². The van der Waals surface area contributed by atoms with Gasteiger partial charge in [-0.05, 0) is 49.8 Å². The molecule has 0 radical (unpaired) electrons. The molecule has 28 heavy (non-hydrogen) atoms. The molecule has 2 aromatic carbocycles. The van der Waals surface area contributed by atoms with Gasteiger partial charge in [-0.1, -0.05) is 36.4 Å². The van der Waals surface area contributed by atoms with Gasteiger partial charge in [-0.2, -0.15) is 0 Å². The number of carboxylic acid groups (broad SMARTS) is 1. The number of carbonyl (C=O) groups excluding carboxylic acids is 2. The first-order chi connectivity index (χ1) is 13.5. The van der Waals surface area contributed by atoms with Crippen molar-refractivity contribution in [1.29, 1.82) is 0 Å². The summed E-state index contributed by atoms with van der Waals surface area (Å²) in [6.07, 6.45) is 1.54. The van der Waals surface area contributed by atoms with Crippen LogP contribution in [0.15, 0.2) is 60.7 Å². The van der Waals surface area contributed by atoms with Crippen LogP contribution in [0, 0.1) is 0 Å². The number of benzene rings is 2. The van der Waals surface area contributed by atoms with Crippen LogP contribution >= 0.6 is 0 Å². The van der Waals surface area contributed by atoms with Crippen LogP contribution in [0.25, 0.3) is 22.6 Å². The van der Waals surface area contributed by atoms with Crippen molar-refractivity contribution in [2.75, 3.05) is 18.0 Å². The maximum Gasteiger partial charge on any atom is 0.210 e. The van der Waals surface area contributed by atoms with E-state index >= 15 is 0 Å². The summed E-state index contributed by atoms with van der Waals surface area (Å²) < 4.78 is 0. The van der Waals surface area contributed by atoms with E-state index < -0.39 is 11.8 Å². The lowest BCUT2D eigenvalue weighted by Crippen LogP contribution is -2.32. The topological polar surface area (TPSA) is 73.3 Å². The minimum atomic E-state index is -1.75. The highest BCUT2D eigenvalue weighted by atomic mass is 16.4. The number of fused-ring (bicyclic) bond motifs is 1. The third-order valence-electron chi connectivity index (χ3n) is 4.64. The molecule has 0 aliphatic carbocycles. The second-order valence-electron chi connectivity index (χ2n) is 6.33. The van der Waals surface area contributed by atoms with Crippen LogP contribution in [0.1, 0.15) is 25.1 Å². The first-order valence-electron chi connectivity index (χ1n) is 9.22. The van der Waals surface area contributed by atoms with Gasteiger partial charge in [0.1, 0.15) is 5.97 Å². The number of ketones is 1. The highest BCUT2D eigenvalue weighted by Gasteiger charge is 2.15. The summed E-state index contributed by atoms with van der Waals surface area (Å²) in [7, 11) is 0. The fourth-order valence-corrected chi connectivity index (χ4v) is 3.12. The molecular formula is C23H21N2O3-. The van der Waals surface area contributed by atoms with Gasteiger partial charge in [0, 0.05) is 24.2 Å². The van der Waals surface area contributed by atoms with Crippen LogP contribution in [-0.4, -0.2) is 29.8 Å². The van der Waals surface area contributed by atoms with E-state index in [1.165, 1.54) is 0 Å². The van der Waals surface area contributed by atoms with Gasteiger partial charge in [0.15, 0.2) is 0 Å². The van der Waals surface area contributed by atoms with Crippen LogP contribution in [0.3, 0.4) is 0 Å². The predicted octanol–water partition coefficient (Wildman–Crippen LogP) is 2.94. The van der Waals surface area contributed by atoms with Crippen LogP contribution in [0.5, 0.6) is 0 Å². The molecule has 1 aromatic heterocycles. The largest absolute Gasteiger partial charge is 0.541 e. The fraction of sp³-hybridized carbons (Fsp3) is 0.174. The lowest BCUT2D eigenvalue weighted by molar-refractivity contribution is -0.299. The molecule has 0 fully saturated rings. The van der Waals surface area contributed by atoms with Crippen molar-refractivity contribution >= 4 is 40.0 Å². The van der Waals surface area contributed by atoms with Crippen molar-refractivity contribution in [1.82, 2.24) is 4.98 Å². The first-order valence-corrected chi connectivity index (χ1v) is 9.22. The highest BCUT2D eigenvalue weighted by Crippen LogP contribution is 2.23. The Morgan fingerprint density at radius 2 is 1.64 bits per heavy atom. The van der Waals surface area contributed by atoms with E-state index in [-0.39, 0.29) is 5.57 Å². The molecule has 0 N–H and O–H groups in total. The van der Waals surface area contributed by atoms with Crippen LogP contribution in [0.4, 0.5) is 5.69 Å². The molecule has 0 aliphatic rings. The number of hydrogen-bond donors (Lipinski definition) is 0. The fourth-order valence-electron chi connectivity index (χ4n) is 3.12. The van der Waals surface area contributed by atoms with Crippen molar-refractivity contribution in [3.05, 3.63) is 71.9 Å². The molecule has 0 saturated heterocycles. The average Bonchev–Trinajstić information content (AvgIpc) is 2.73. The predicted molar refractivity (Wildman–Crippen MR) is 110 cm³/mol. The number of nitrogens with zero attached hydrogens (tertiary/aromatic N) is 2. The zero-order valence-corrected chi connectivity index (χ0v) is 15.9. The maximum atomic E-state index is 12.3. The summed E-state index contributed by atoms with van der Waals surface area (Å²) in [4.78, 5) is 30.2. The molecule has 0 unspecified atom stereocenters. The van der Waals surface area contributed by atoms with Gasteiger partial charge in [0.05, 0.1) is 16.8 Å². The minimum absolute atomic E-state index is 0.00124. The number of anilines is 1. The molecule has 0 atom stereocenters. The second kappa shape index (κ2) is 8.48. The highest BCUT2D eigenvalue weighted by molar-refractivity contribution is 6.52. The number of aliphatic carboxylic acids is 1. The average molecular weight is 373 g/mol. The Balaban J connectivity index is 2.04. The van der Waals surface area contributed by atoms with Crippen LogP contribution in [-0.2, 0) is 9.59 Å². The summed E-state index contributed by atoms with van der Waals surface area (Å²) in [6, 6.07) is 18.5. The van der Waals surface area contributed by atoms with E-state index in [9.17, 15) is 14.7 Å². The normalized spacial score (nSPS) is 11.4. The molecule has 3 aromatic rings. The maximum absolute atomic E-state index is 12.3. The van der Waals surface area contributed by atoms with Crippen molar-refractivity contribution in [3.63, 3.8) is 0 Å². The Bertz CT molecular complexity index is 1040. The lowest BCUT2D eigenvalue weighted by Gasteiger charge is -2.21. The molecule has 5 nitrogen and oxygen atoms in total. The van der Waals surface area contributed by atoms with Crippen molar-refractivity contribution in [2.45, 2.75) is 13.8 Å². The third-order valence-corrected chi connectivity index (χ3v) is 4.64. The molecular weight excluding hydrogens is 352 g/mol. The molecule has 1 heterocycles. The smallest absolute Gasteiger partial charge is 0.210 e. The Labute approximate surface area is 163 Å². The van der Waals surface area contributed by atoms with E-state index in [0.717, 1.165) is 29.7 Å². The molecule has 0 amide bonds. The number of Topliss-reactive ketones (excluding diaryl/α,β-unsaturated/α-hetero) is 1. The van der Waals surface area contributed by atoms with Gasteiger partial charge in [-0.25, -0.2) is 4.98 Å². The number of rotatable bonds is 7. The molecule has 142 valence electrons. The van der Waals surface area contributed by atoms with Crippen molar-refractivity contribution in [2.24, 2.45) is 0 Å². The summed E-state index contributed by atoms with van der Waals surface area (Å²) in [5, 5.41) is 12.2. The SMILES string of the molecule is CCN(CC)c1ccc(/C=C(\C(=O)C(=O)[O-])c2ccc3ccccc3n2)cc1. The van der Waals surface area contributed by atoms with Gasteiger partial charge in [-0.15, -0.1) is 0 Å². The zero-order valence-electron chi connectivity index (χ0n) is 15.9. The zero-order chi connectivity index (χ0) is 20.1. The van der Waals surface area contributed by atoms with Gasteiger partial charge in [0.2, 0.25) is 5.78 Å². The molecule has 3 rings (SSSR count). The van der Waals surface area contributed by atoms with Gasteiger partial charge in [0.25, 0.3) is 0 Å². The van der Waals surface area contributed by atoms with Crippen molar-refractivity contribution < 1.29 is 14.7 Å². The summed E-state index contributed by atoms with van der Waals surface area (Å²) in [5.41, 5.74) is 2.78. The summed E-state index contributed by atoms with van der Waals surface area (Å²) >= 11 is 0. The molecule has 0 bridgehead atoms. The summed E-state index contributed by atoms with van der Waals surface area (Å²) in [6.45, 7) is 5.95. The Morgan fingerprint density at radius 1 is 0.964 bits per heavy atom. The quantitative estimate of drug-likeness (QED) is 0.470. The van der Waals surface area contributed by atoms with E-state index in [1.54, 1.807) is 12.1 Å². The molecule has 0 aliphatic heterocycles. The van der Waals surface area contributed by atoms with Crippen LogP contribution < -0.4 is 10.0 Å². The molecule has 0 saturated carbocycles. The number of hydrogen-bond acceptors (Lipinski definition) is 5. The van der Waals surface area contributed by atoms with Gasteiger partial charge < -0.3 is 14.8 Å². The minimum Gasteiger partial charge on any atom is -0.541 e. The third kappa shape index (κ3) is 4.09. The first kappa shape index (κ1) is 19.3. The Hall–Kier alpha value is -3.47. The van der Waals surface area contributed by atoms with Crippen molar-refractivity contribution in [3.8, 4) is 0 Å². The second-order valence-corrected chi connectivity index (χ2v) is 6.33. The number of carboxylic acids is 1. The summed E-state index contributed by atoms with van der Waals surface area (Å²) in [5.74, 6) is -2.84. The lowest BCUT2D eigenvalue weighted by atomic mass is 10.0. The number of para-hydroxylation sites is 1. The Kier molecular flexibility index (Phi) is 5.84. The number of pyridine rings is 1.